The van der Waals surface area contributed by atoms with Gasteiger partial charge >= 0.3 is 13.3 Å². The maximum Gasteiger partial charge on any atom is 0.489 e. The van der Waals surface area contributed by atoms with Crippen molar-refractivity contribution in [1.29, 1.82) is 0 Å². The Morgan fingerprint density at radius 1 is 1.06 bits per heavy atom. The van der Waals surface area contributed by atoms with Gasteiger partial charge in [0.15, 0.2) is 0 Å². The molecule has 0 spiro atoms. The molecule has 0 amide bonds. The largest absolute Gasteiger partial charge is 0.489 e. The Labute approximate surface area is 101 Å². The zero-order valence-corrected chi connectivity index (χ0v) is 9.09. The number of hydrogen-bond acceptors (Lipinski definition) is 2. The van der Waals surface area contributed by atoms with Crippen molar-refractivity contribution >= 4 is 12.6 Å². The fourth-order valence-corrected chi connectivity index (χ4v) is 1.68. The Morgan fingerprint density at radius 3 is 2.17 bits per heavy atom. The van der Waals surface area contributed by atoms with Crippen molar-refractivity contribution in [3.63, 3.8) is 0 Å². The SMILES string of the molecule is OB(O)c1ccc(-n2cccc2)cc1C(F)(F)F. The minimum atomic E-state index is -4.64. The summed E-state index contributed by atoms with van der Waals surface area (Å²) in [6.07, 6.45) is -1.43. The van der Waals surface area contributed by atoms with Crippen LogP contribution in [0.15, 0.2) is 42.7 Å². The molecule has 1 aromatic heterocycles. The number of halogens is 3. The summed E-state index contributed by atoms with van der Waals surface area (Å²) in [5, 5.41) is 17.9. The molecule has 0 fully saturated rings. The summed E-state index contributed by atoms with van der Waals surface area (Å²) in [6, 6.07) is 6.70. The van der Waals surface area contributed by atoms with Gasteiger partial charge in [-0.1, -0.05) is 6.07 Å². The van der Waals surface area contributed by atoms with E-state index in [9.17, 15) is 13.2 Å². The highest BCUT2D eigenvalue weighted by Crippen LogP contribution is 2.29. The van der Waals surface area contributed by atoms with Crippen LogP contribution in [0.2, 0.25) is 0 Å². The molecule has 0 aliphatic rings. The molecule has 7 heteroatoms. The van der Waals surface area contributed by atoms with Gasteiger partial charge in [0.05, 0.1) is 5.56 Å². The minimum absolute atomic E-state index is 0.303. The second-order valence-electron chi connectivity index (χ2n) is 3.73. The Morgan fingerprint density at radius 2 is 1.67 bits per heavy atom. The van der Waals surface area contributed by atoms with Gasteiger partial charge in [-0.3, -0.25) is 0 Å². The van der Waals surface area contributed by atoms with E-state index in [1.54, 1.807) is 24.5 Å². The Kier molecular flexibility index (Phi) is 3.19. The first-order valence-corrected chi connectivity index (χ1v) is 5.10. The average molecular weight is 255 g/mol. The van der Waals surface area contributed by atoms with Crippen LogP contribution in [0.1, 0.15) is 5.56 Å². The standard InChI is InChI=1S/C11H9BF3NO2/c13-11(14,15)9-7-8(16-5-1-2-6-16)3-4-10(9)12(17)18/h1-7,17-18H. The van der Waals surface area contributed by atoms with Crippen molar-refractivity contribution in [2.24, 2.45) is 0 Å². The lowest BCUT2D eigenvalue weighted by Crippen LogP contribution is -2.36. The second kappa shape index (κ2) is 4.51. The van der Waals surface area contributed by atoms with Gasteiger partial charge in [0, 0.05) is 18.1 Å². The van der Waals surface area contributed by atoms with Crippen molar-refractivity contribution in [2.45, 2.75) is 6.18 Å². The molecule has 0 saturated heterocycles. The quantitative estimate of drug-likeness (QED) is 0.791. The van der Waals surface area contributed by atoms with Crippen LogP contribution in [0.5, 0.6) is 0 Å². The number of nitrogens with zero attached hydrogens (tertiary/aromatic N) is 1. The van der Waals surface area contributed by atoms with Gasteiger partial charge in [-0.2, -0.15) is 13.2 Å². The van der Waals surface area contributed by atoms with Crippen molar-refractivity contribution in [1.82, 2.24) is 4.57 Å². The van der Waals surface area contributed by atoms with Gasteiger partial charge in [0.1, 0.15) is 0 Å². The lowest BCUT2D eigenvalue weighted by atomic mass is 9.76. The van der Waals surface area contributed by atoms with E-state index in [1.807, 2.05) is 0 Å². The zero-order chi connectivity index (χ0) is 13.3. The molecule has 1 heterocycles. The zero-order valence-electron chi connectivity index (χ0n) is 9.09. The number of alkyl halides is 3. The molecular weight excluding hydrogens is 246 g/mol. The monoisotopic (exact) mass is 255 g/mol. The molecule has 0 bridgehead atoms. The van der Waals surface area contributed by atoms with E-state index in [1.165, 1.54) is 10.6 Å². The van der Waals surface area contributed by atoms with Crippen LogP contribution in [-0.2, 0) is 6.18 Å². The van der Waals surface area contributed by atoms with Crippen LogP contribution < -0.4 is 5.46 Å². The summed E-state index contributed by atoms with van der Waals surface area (Å²) < 4.78 is 39.9. The van der Waals surface area contributed by atoms with E-state index >= 15 is 0 Å². The highest BCUT2D eigenvalue weighted by atomic mass is 19.4. The fraction of sp³-hybridized carbons (Fsp3) is 0.0909. The van der Waals surface area contributed by atoms with Crippen LogP contribution in [0.3, 0.4) is 0 Å². The predicted molar refractivity (Wildman–Crippen MR) is 60.6 cm³/mol. The molecule has 0 unspecified atom stereocenters. The molecule has 0 radical (unpaired) electrons. The van der Waals surface area contributed by atoms with Crippen LogP contribution in [-0.4, -0.2) is 21.7 Å². The summed E-state index contributed by atoms with van der Waals surface area (Å²) in [4.78, 5) is 0. The molecule has 94 valence electrons. The minimum Gasteiger partial charge on any atom is -0.423 e. The first-order valence-electron chi connectivity index (χ1n) is 5.10. The van der Waals surface area contributed by atoms with Gasteiger partial charge in [-0.05, 0) is 29.7 Å². The van der Waals surface area contributed by atoms with Crippen LogP contribution >= 0.6 is 0 Å². The summed E-state index contributed by atoms with van der Waals surface area (Å²) in [6.45, 7) is 0. The van der Waals surface area contributed by atoms with E-state index in [-0.39, 0.29) is 0 Å². The van der Waals surface area contributed by atoms with Gasteiger partial charge in [-0.15, -0.1) is 0 Å². The number of hydrogen-bond donors (Lipinski definition) is 2. The highest BCUT2D eigenvalue weighted by molar-refractivity contribution is 6.59. The third-order valence-electron chi connectivity index (χ3n) is 2.52. The number of aromatic nitrogens is 1. The Balaban J connectivity index is 2.56. The molecule has 0 saturated carbocycles. The molecule has 0 atom stereocenters. The normalized spacial score (nSPS) is 11.6. The van der Waals surface area contributed by atoms with E-state index < -0.39 is 24.3 Å². The van der Waals surface area contributed by atoms with Crippen LogP contribution in [0.25, 0.3) is 5.69 Å². The smallest absolute Gasteiger partial charge is 0.423 e. The third kappa shape index (κ3) is 2.41. The second-order valence-corrected chi connectivity index (χ2v) is 3.73. The topological polar surface area (TPSA) is 45.4 Å². The van der Waals surface area contributed by atoms with Crippen LogP contribution in [0.4, 0.5) is 13.2 Å². The maximum atomic E-state index is 12.8. The van der Waals surface area contributed by atoms with Gasteiger partial charge < -0.3 is 14.6 Å². The number of rotatable bonds is 2. The molecule has 0 aliphatic carbocycles. The van der Waals surface area contributed by atoms with E-state index in [4.69, 9.17) is 10.0 Å². The lowest BCUT2D eigenvalue weighted by Gasteiger charge is -2.14. The van der Waals surface area contributed by atoms with Crippen molar-refractivity contribution in [3.05, 3.63) is 48.3 Å². The summed E-state index contributed by atoms with van der Waals surface area (Å²) in [5.74, 6) is 0. The molecular formula is C11H9BF3NO2. The molecule has 2 N–H and O–H groups in total. The van der Waals surface area contributed by atoms with E-state index in [0.717, 1.165) is 12.1 Å². The van der Waals surface area contributed by atoms with Gasteiger partial charge in [-0.25, -0.2) is 0 Å². The first-order chi connectivity index (χ1) is 8.39. The molecule has 0 aliphatic heterocycles. The Bertz CT molecular complexity index is 538. The molecule has 2 rings (SSSR count). The lowest BCUT2D eigenvalue weighted by molar-refractivity contribution is -0.136. The van der Waals surface area contributed by atoms with Crippen LogP contribution in [0, 0.1) is 0 Å². The van der Waals surface area contributed by atoms with Gasteiger partial charge in [0.25, 0.3) is 0 Å². The third-order valence-corrected chi connectivity index (χ3v) is 2.52. The van der Waals surface area contributed by atoms with Gasteiger partial charge in [0.2, 0.25) is 0 Å². The van der Waals surface area contributed by atoms with E-state index in [0.29, 0.717) is 5.69 Å². The first kappa shape index (κ1) is 12.7. The van der Waals surface area contributed by atoms with Crippen molar-refractivity contribution in [2.75, 3.05) is 0 Å². The Hall–Kier alpha value is -1.73. The molecule has 2 aromatic rings. The molecule has 18 heavy (non-hydrogen) atoms. The summed E-state index contributed by atoms with van der Waals surface area (Å²) in [5.41, 5.74) is -1.31. The van der Waals surface area contributed by atoms with Crippen molar-refractivity contribution < 1.29 is 23.2 Å². The summed E-state index contributed by atoms with van der Waals surface area (Å²) >= 11 is 0. The average Bonchev–Trinajstić information content (AvgIpc) is 2.80. The highest BCUT2D eigenvalue weighted by Gasteiger charge is 2.36. The summed E-state index contributed by atoms with van der Waals surface area (Å²) in [7, 11) is -2.15. The van der Waals surface area contributed by atoms with Crippen molar-refractivity contribution in [3.8, 4) is 5.69 Å². The number of benzene rings is 1. The fourth-order valence-electron chi connectivity index (χ4n) is 1.68. The maximum absolute atomic E-state index is 12.8. The van der Waals surface area contributed by atoms with E-state index in [2.05, 4.69) is 0 Å². The predicted octanol–water partition coefficient (Wildman–Crippen LogP) is 1.18. The molecule has 1 aromatic carbocycles. The molecule has 3 nitrogen and oxygen atoms in total.